The van der Waals surface area contributed by atoms with E-state index in [1.54, 1.807) is 0 Å². The number of sulfonamides is 1. The van der Waals surface area contributed by atoms with Crippen LogP contribution in [0.1, 0.15) is 46.5 Å². The molecular formula is C16H32N4O2S. The molecule has 6 nitrogen and oxygen atoms in total. The van der Waals surface area contributed by atoms with Crippen LogP contribution < -0.4 is 5.32 Å². The summed E-state index contributed by atoms with van der Waals surface area (Å²) in [6, 6.07) is 0. The van der Waals surface area contributed by atoms with Crippen LogP contribution in [0.25, 0.3) is 0 Å². The number of nitrogens with zero attached hydrogens (tertiary/aromatic N) is 3. The quantitative estimate of drug-likeness (QED) is 0.561. The monoisotopic (exact) mass is 344 g/mol. The second-order valence-electron chi connectivity index (χ2n) is 6.66. The van der Waals surface area contributed by atoms with Crippen LogP contribution in [0, 0.1) is 5.41 Å². The molecule has 2 aliphatic rings. The van der Waals surface area contributed by atoms with Gasteiger partial charge in [0.2, 0.25) is 10.0 Å². The van der Waals surface area contributed by atoms with Crippen molar-refractivity contribution in [3.05, 3.63) is 0 Å². The van der Waals surface area contributed by atoms with Crippen molar-refractivity contribution in [2.24, 2.45) is 10.4 Å². The lowest BCUT2D eigenvalue weighted by molar-refractivity contribution is 0.151. The number of aliphatic imine (C=N–C) groups is 1. The van der Waals surface area contributed by atoms with Gasteiger partial charge in [-0.1, -0.05) is 20.3 Å². The molecule has 1 saturated heterocycles. The molecule has 1 spiro atoms. The van der Waals surface area contributed by atoms with Gasteiger partial charge in [-0.15, -0.1) is 0 Å². The molecule has 0 aromatic heterocycles. The molecule has 0 aromatic rings. The van der Waals surface area contributed by atoms with Gasteiger partial charge in [0, 0.05) is 32.7 Å². The Morgan fingerprint density at radius 1 is 1.22 bits per heavy atom. The van der Waals surface area contributed by atoms with Gasteiger partial charge in [-0.2, -0.15) is 0 Å². The lowest BCUT2D eigenvalue weighted by Crippen LogP contribution is -2.43. The number of hydrogen-bond donors (Lipinski definition) is 1. The van der Waals surface area contributed by atoms with Crippen molar-refractivity contribution >= 4 is 16.0 Å². The highest BCUT2D eigenvalue weighted by Crippen LogP contribution is 2.47. The van der Waals surface area contributed by atoms with E-state index in [0.717, 1.165) is 25.6 Å². The van der Waals surface area contributed by atoms with Crippen LogP contribution in [0.5, 0.6) is 0 Å². The number of likely N-dealkylation sites (tertiary alicyclic amines) is 1. The molecule has 0 amide bonds. The molecule has 1 aliphatic heterocycles. The maximum Gasteiger partial charge on any atom is 0.215 e. The summed E-state index contributed by atoms with van der Waals surface area (Å²) in [7, 11) is -3.19. The molecule has 23 heavy (non-hydrogen) atoms. The molecule has 0 aromatic carbocycles. The van der Waals surface area contributed by atoms with Crippen molar-refractivity contribution in [3.63, 3.8) is 0 Å². The van der Waals surface area contributed by atoms with Gasteiger partial charge in [0.1, 0.15) is 0 Å². The van der Waals surface area contributed by atoms with Crippen molar-refractivity contribution in [3.8, 4) is 0 Å². The molecule has 2 fully saturated rings. The first kappa shape index (κ1) is 18.5. The topological polar surface area (TPSA) is 65.0 Å². The summed E-state index contributed by atoms with van der Waals surface area (Å²) in [4.78, 5) is 6.89. The fourth-order valence-corrected chi connectivity index (χ4v) is 5.01. The predicted octanol–water partition coefficient (Wildman–Crippen LogP) is 1.50. The van der Waals surface area contributed by atoms with Crippen LogP contribution in [0.2, 0.25) is 0 Å². The van der Waals surface area contributed by atoms with E-state index in [2.05, 4.69) is 22.1 Å². The molecule has 0 bridgehead atoms. The number of guanidine groups is 1. The van der Waals surface area contributed by atoms with E-state index < -0.39 is 10.0 Å². The van der Waals surface area contributed by atoms with Crippen LogP contribution >= 0.6 is 0 Å². The Hall–Kier alpha value is -0.820. The molecule has 134 valence electrons. The van der Waals surface area contributed by atoms with Crippen molar-refractivity contribution in [2.45, 2.75) is 46.5 Å². The van der Waals surface area contributed by atoms with Crippen molar-refractivity contribution in [1.82, 2.24) is 14.5 Å². The molecule has 0 unspecified atom stereocenters. The Bertz CT molecular complexity index is 510. The van der Waals surface area contributed by atoms with Gasteiger partial charge in [-0.25, -0.2) is 12.7 Å². The summed E-state index contributed by atoms with van der Waals surface area (Å²) in [6.45, 7) is 10.1. The molecular weight excluding hydrogens is 312 g/mol. The van der Waals surface area contributed by atoms with E-state index in [4.69, 9.17) is 0 Å². The van der Waals surface area contributed by atoms with Crippen LogP contribution in [-0.4, -0.2) is 68.6 Å². The smallest absolute Gasteiger partial charge is 0.215 e. The molecule has 2 rings (SSSR count). The Labute approximate surface area is 141 Å². The van der Waals surface area contributed by atoms with Crippen LogP contribution in [0.15, 0.2) is 4.99 Å². The molecule has 7 heteroatoms. The Morgan fingerprint density at radius 3 is 2.39 bits per heavy atom. The van der Waals surface area contributed by atoms with E-state index >= 15 is 0 Å². The van der Waals surface area contributed by atoms with Gasteiger partial charge < -0.3 is 10.2 Å². The Morgan fingerprint density at radius 2 is 1.91 bits per heavy atom. The number of hydrogen-bond acceptors (Lipinski definition) is 3. The molecule has 1 aliphatic carbocycles. The van der Waals surface area contributed by atoms with Gasteiger partial charge >= 0.3 is 0 Å². The first-order chi connectivity index (χ1) is 11.0. The van der Waals surface area contributed by atoms with E-state index in [-0.39, 0.29) is 5.75 Å². The fraction of sp³-hybridized carbons (Fsp3) is 0.938. The fourth-order valence-electron chi connectivity index (χ4n) is 3.64. The highest BCUT2D eigenvalue weighted by Gasteiger charge is 2.43. The van der Waals surface area contributed by atoms with Gasteiger partial charge in [-0.3, -0.25) is 4.99 Å². The SMILES string of the molecule is CCNC(=NCCS(=O)(=O)N(CC)CC)N1CCC2(CCC2)C1. The lowest BCUT2D eigenvalue weighted by Gasteiger charge is -2.38. The Balaban J connectivity index is 1.94. The minimum Gasteiger partial charge on any atom is -0.357 e. The van der Waals surface area contributed by atoms with E-state index in [0.29, 0.717) is 25.0 Å². The summed E-state index contributed by atoms with van der Waals surface area (Å²) in [5, 5.41) is 3.32. The van der Waals surface area contributed by atoms with Gasteiger partial charge in [-0.05, 0) is 31.6 Å². The van der Waals surface area contributed by atoms with Crippen molar-refractivity contribution < 1.29 is 8.42 Å². The third-order valence-electron chi connectivity index (χ3n) is 5.20. The normalized spacial score (nSPS) is 21.0. The summed E-state index contributed by atoms with van der Waals surface area (Å²) in [5.41, 5.74) is 0.517. The maximum atomic E-state index is 12.2. The summed E-state index contributed by atoms with van der Waals surface area (Å²) >= 11 is 0. The third kappa shape index (κ3) is 4.38. The van der Waals surface area contributed by atoms with Gasteiger partial charge in [0.15, 0.2) is 5.96 Å². The maximum absolute atomic E-state index is 12.2. The zero-order valence-electron chi connectivity index (χ0n) is 14.8. The molecule has 1 saturated carbocycles. The Kier molecular flexibility index (Phi) is 6.31. The molecule has 1 heterocycles. The summed E-state index contributed by atoms with van der Waals surface area (Å²) in [5.74, 6) is 0.966. The minimum absolute atomic E-state index is 0.0859. The zero-order chi connectivity index (χ0) is 16.9. The van der Waals surface area contributed by atoms with Gasteiger partial charge in [0.05, 0.1) is 12.3 Å². The van der Waals surface area contributed by atoms with E-state index in [9.17, 15) is 8.42 Å². The largest absolute Gasteiger partial charge is 0.357 e. The first-order valence-corrected chi connectivity index (χ1v) is 10.6. The van der Waals surface area contributed by atoms with E-state index in [1.807, 2.05) is 13.8 Å². The highest BCUT2D eigenvalue weighted by atomic mass is 32.2. The van der Waals surface area contributed by atoms with Crippen molar-refractivity contribution in [1.29, 1.82) is 0 Å². The van der Waals surface area contributed by atoms with E-state index in [1.165, 1.54) is 30.0 Å². The molecule has 0 atom stereocenters. The summed E-state index contributed by atoms with van der Waals surface area (Å²) < 4.78 is 26.0. The molecule has 0 radical (unpaired) electrons. The zero-order valence-corrected chi connectivity index (χ0v) is 15.7. The summed E-state index contributed by atoms with van der Waals surface area (Å²) in [6.07, 6.45) is 5.26. The number of nitrogens with one attached hydrogen (secondary N) is 1. The third-order valence-corrected chi connectivity index (χ3v) is 7.20. The highest BCUT2D eigenvalue weighted by molar-refractivity contribution is 7.89. The second-order valence-corrected chi connectivity index (χ2v) is 8.75. The minimum atomic E-state index is -3.19. The number of rotatable bonds is 7. The van der Waals surface area contributed by atoms with Gasteiger partial charge in [0.25, 0.3) is 0 Å². The van der Waals surface area contributed by atoms with Crippen LogP contribution in [0.3, 0.4) is 0 Å². The lowest BCUT2D eigenvalue weighted by atomic mass is 9.68. The first-order valence-electron chi connectivity index (χ1n) is 8.97. The predicted molar refractivity (Wildman–Crippen MR) is 95.2 cm³/mol. The van der Waals surface area contributed by atoms with Crippen LogP contribution in [-0.2, 0) is 10.0 Å². The second kappa shape index (κ2) is 7.83. The molecule has 1 N–H and O–H groups in total. The van der Waals surface area contributed by atoms with Crippen LogP contribution in [0.4, 0.5) is 0 Å². The average Bonchev–Trinajstić information content (AvgIpc) is 2.92. The van der Waals surface area contributed by atoms with Crippen molar-refractivity contribution in [2.75, 3.05) is 45.0 Å². The standard InChI is InChI=1S/C16H32N4O2S/c1-4-17-15(19-12-10-16(14-19)8-7-9-16)18-11-13-23(21,22)20(5-2)6-3/h4-14H2,1-3H3,(H,17,18). The average molecular weight is 345 g/mol.